The van der Waals surface area contributed by atoms with Crippen LogP contribution in [0.5, 0.6) is 0 Å². The van der Waals surface area contributed by atoms with Crippen LogP contribution in [0.1, 0.15) is 20.4 Å². The van der Waals surface area contributed by atoms with Crippen molar-refractivity contribution in [1.29, 1.82) is 0 Å². The van der Waals surface area contributed by atoms with Gasteiger partial charge in [-0.2, -0.15) is 0 Å². The molecule has 2 heterocycles. The van der Waals surface area contributed by atoms with Crippen LogP contribution >= 0.6 is 34.3 Å². The van der Waals surface area contributed by atoms with Crippen molar-refractivity contribution in [3.05, 3.63) is 37.4 Å². The molecule has 0 aliphatic carbocycles. The van der Waals surface area contributed by atoms with Crippen molar-refractivity contribution in [3.63, 3.8) is 0 Å². The molecule has 0 aliphatic rings. The highest BCUT2D eigenvalue weighted by atomic mass is 35.5. The maximum absolute atomic E-state index is 11.8. The Morgan fingerprint density at radius 2 is 2.33 bits per heavy atom. The van der Waals surface area contributed by atoms with E-state index in [1.54, 1.807) is 17.4 Å². The zero-order chi connectivity index (χ0) is 10.8. The van der Waals surface area contributed by atoms with Crippen LogP contribution in [0, 0.1) is 6.92 Å². The van der Waals surface area contributed by atoms with Gasteiger partial charge in [0.2, 0.25) is 0 Å². The van der Waals surface area contributed by atoms with Crippen LogP contribution in [-0.2, 0) is 6.42 Å². The smallest absolute Gasteiger partial charge is 0.180 e. The number of Topliss-reactive ketones (excluding diaryl/α,β-unsaturated/α-hetero) is 1. The van der Waals surface area contributed by atoms with Gasteiger partial charge in [-0.1, -0.05) is 11.6 Å². The van der Waals surface area contributed by atoms with Gasteiger partial charge in [-0.05, 0) is 18.4 Å². The second kappa shape index (κ2) is 4.43. The first-order valence-electron chi connectivity index (χ1n) is 4.34. The molecule has 2 nitrogen and oxygen atoms in total. The number of thiophene rings is 1. The fourth-order valence-corrected chi connectivity index (χ4v) is 2.94. The van der Waals surface area contributed by atoms with Gasteiger partial charge in [0.05, 0.1) is 27.0 Å². The van der Waals surface area contributed by atoms with Crippen molar-refractivity contribution in [2.75, 3.05) is 0 Å². The molecular weight excluding hydrogens is 250 g/mol. The van der Waals surface area contributed by atoms with Crippen molar-refractivity contribution in [2.45, 2.75) is 13.3 Å². The summed E-state index contributed by atoms with van der Waals surface area (Å²) in [7, 11) is 0. The maximum Gasteiger partial charge on any atom is 0.180 e. The van der Waals surface area contributed by atoms with Crippen LogP contribution < -0.4 is 0 Å². The molecule has 0 amide bonds. The number of carbonyl (C=O) groups excluding carboxylic acids is 1. The van der Waals surface area contributed by atoms with Gasteiger partial charge < -0.3 is 0 Å². The molecule has 0 fully saturated rings. The average Bonchev–Trinajstić information content (AvgIpc) is 2.75. The van der Waals surface area contributed by atoms with Gasteiger partial charge in [0.15, 0.2) is 5.78 Å². The zero-order valence-electron chi connectivity index (χ0n) is 7.99. The Morgan fingerprint density at radius 1 is 1.53 bits per heavy atom. The predicted molar refractivity (Wildman–Crippen MR) is 64.2 cm³/mol. The summed E-state index contributed by atoms with van der Waals surface area (Å²) in [4.78, 5) is 16.7. The number of ketones is 1. The van der Waals surface area contributed by atoms with E-state index in [-0.39, 0.29) is 5.78 Å². The summed E-state index contributed by atoms with van der Waals surface area (Å²) >= 11 is 8.81. The SMILES string of the molecule is Cc1nc(CC(=O)c2sccc2Cl)cs1. The van der Waals surface area contributed by atoms with E-state index in [1.165, 1.54) is 11.3 Å². The number of nitrogens with zero attached hydrogens (tertiary/aromatic N) is 1. The Hall–Kier alpha value is -0.710. The summed E-state index contributed by atoms with van der Waals surface area (Å²) in [6, 6.07) is 1.74. The van der Waals surface area contributed by atoms with Crippen LogP contribution in [0.15, 0.2) is 16.8 Å². The Balaban J connectivity index is 2.14. The van der Waals surface area contributed by atoms with E-state index in [0.29, 0.717) is 16.3 Å². The maximum atomic E-state index is 11.8. The number of carbonyl (C=O) groups is 1. The molecule has 0 saturated carbocycles. The molecule has 0 aliphatic heterocycles. The van der Waals surface area contributed by atoms with Gasteiger partial charge in [-0.15, -0.1) is 22.7 Å². The van der Waals surface area contributed by atoms with Crippen LogP contribution in [0.25, 0.3) is 0 Å². The molecule has 0 unspecified atom stereocenters. The minimum atomic E-state index is 0.0419. The van der Waals surface area contributed by atoms with E-state index in [4.69, 9.17) is 11.6 Å². The predicted octanol–water partition coefficient (Wildman–Crippen LogP) is 3.59. The van der Waals surface area contributed by atoms with Gasteiger partial charge >= 0.3 is 0 Å². The topological polar surface area (TPSA) is 30.0 Å². The van der Waals surface area contributed by atoms with Gasteiger partial charge in [-0.25, -0.2) is 4.98 Å². The summed E-state index contributed by atoms with van der Waals surface area (Å²) < 4.78 is 0. The Kier molecular flexibility index (Phi) is 3.19. The van der Waals surface area contributed by atoms with Crippen molar-refractivity contribution in [2.24, 2.45) is 0 Å². The van der Waals surface area contributed by atoms with Crippen LogP contribution in [0.4, 0.5) is 0 Å². The van der Waals surface area contributed by atoms with E-state index >= 15 is 0 Å². The molecule has 2 aromatic rings. The summed E-state index contributed by atoms with van der Waals surface area (Å²) in [5.74, 6) is 0.0419. The van der Waals surface area contributed by atoms with Gasteiger partial charge in [0.25, 0.3) is 0 Å². The normalized spacial score (nSPS) is 10.5. The standard InChI is InChI=1S/C10H8ClNOS2/c1-6-12-7(5-15-6)4-9(13)10-8(11)2-3-14-10/h2-3,5H,4H2,1H3. The number of thiazole rings is 1. The summed E-state index contributed by atoms with van der Waals surface area (Å²) in [6.45, 7) is 1.93. The average molecular weight is 258 g/mol. The van der Waals surface area contributed by atoms with Crippen molar-refractivity contribution >= 4 is 40.1 Å². The number of halogens is 1. The molecular formula is C10H8ClNOS2. The van der Waals surface area contributed by atoms with E-state index in [9.17, 15) is 4.79 Å². The quantitative estimate of drug-likeness (QED) is 0.787. The van der Waals surface area contributed by atoms with Crippen LogP contribution in [0.2, 0.25) is 5.02 Å². The second-order valence-corrected chi connectivity index (χ2v) is 5.44. The molecule has 0 aromatic carbocycles. The highest BCUT2D eigenvalue weighted by Crippen LogP contribution is 2.23. The molecule has 2 rings (SSSR count). The third kappa shape index (κ3) is 2.45. The largest absolute Gasteiger partial charge is 0.293 e. The molecule has 0 saturated heterocycles. The highest BCUT2D eigenvalue weighted by Gasteiger charge is 2.13. The van der Waals surface area contributed by atoms with Crippen LogP contribution in [0.3, 0.4) is 0 Å². The Labute approximate surface area is 101 Å². The fraction of sp³-hybridized carbons (Fsp3) is 0.200. The minimum Gasteiger partial charge on any atom is -0.293 e. The lowest BCUT2D eigenvalue weighted by atomic mass is 10.2. The van der Waals surface area contributed by atoms with Crippen molar-refractivity contribution in [3.8, 4) is 0 Å². The molecule has 2 aromatic heterocycles. The molecule has 0 N–H and O–H groups in total. The van der Waals surface area contributed by atoms with E-state index in [0.717, 1.165) is 10.7 Å². The highest BCUT2D eigenvalue weighted by molar-refractivity contribution is 7.12. The molecule has 15 heavy (non-hydrogen) atoms. The van der Waals surface area contributed by atoms with Crippen molar-refractivity contribution in [1.82, 2.24) is 4.98 Å². The van der Waals surface area contributed by atoms with E-state index in [1.807, 2.05) is 17.7 Å². The lowest BCUT2D eigenvalue weighted by Gasteiger charge is -1.95. The summed E-state index contributed by atoms with van der Waals surface area (Å²) in [5.41, 5.74) is 0.826. The lowest BCUT2D eigenvalue weighted by Crippen LogP contribution is -2.02. The first-order valence-corrected chi connectivity index (χ1v) is 6.48. The molecule has 0 spiro atoms. The summed E-state index contributed by atoms with van der Waals surface area (Å²) in [5, 5.41) is 5.25. The second-order valence-electron chi connectivity index (χ2n) is 3.06. The van der Waals surface area contributed by atoms with E-state index in [2.05, 4.69) is 4.98 Å². The number of aryl methyl sites for hydroxylation is 1. The summed E-state index contributed by atoms with van der Waals surface area (Å²) in [6.07, 6.45) is 0.338. The monoisotopic (exact) mass is 257 g/mol. The van der Waals surface area contributed by atoms with Crippen molar-refractivity contribution < 1.29 is 4.79 Å². The molecule has 78 valence electrons. The molecule has 0 bridgehead atoms. The van der Waals surface area contributed by atoms with Gasteiger partial charge in [0.1, 0.15) is 0 Å². The fourth-order valence-electron chi connectivity index (χ4n) is 1.23. The molecule has 0 radical (unpaired) electrons. The minimum absolute atomic E-state index is 0.0419. The Morgan fingerprint density at radius 3 is 2.87 bits per heavy atom. The molecule has 0 atom stereocenters. The van der Waals surface area contributed by atoms with Crippen LogP contribution in [-0.4, -0.2) is 10.8 Å². The van der Waals surface area contributed by atoms with Gasteiger partial charge in [-0.3, -0.25) is 4.79 Å². The van der Waals surface area contributed by atoms with E-state index < -0.39 is 0 Å². The third-order valence-corrected chi connectivity index (χ3v) is 4.08. The lowest BCUT2D eigenvalue weighted by molar-refractivity contribution is 0.0996. The zero-order valence-corrected chi connectivity index (χ0v) is 10.4. The number of hydrogen-bond donors (Lipinski definition) is 0. The molecule has 5 heteroatoms. The Bertz CT molecular complexity index is 489. The first-order chi connectivity index (χ1) is 7.16. The number of rotatable bonds is 3. The number of aromatic nitrogens is 1. The first kappa shape index (κ1) is 10.8. The third-order valence-electron chi connectivity index (χ3n) is 1.88. The van der Waals surface area contributed by atoms with Gasteiger partial charge in [0, 0.05) is 5.38 Å². The number of hydrogen-bond acceptors (Lipinski definition) is 4.